The van der Waals surface area contributed by atoms with Gasteiger partial charge in [-0.15, -0.1) is 0 Å². The number of aryl methyl sites for hydroxylation is 1. The van der Waals surface area contributed by atoms with E-state index in [4.69, 9.17) is 11.6 Å². The molecule has 114 valence electrons. The van der Waals surface area contributed by atoms with Crippen LogP contribution >= 0.6 is 11.6 Å². The van der Waals surface area contributed by atoms with Crippen LogP contribution < -0.4 is 0 Å². The number of nitrogens with zero attached hydrogens (tertiary/aromatic N) is 1. The van der Waals surface area contributed by atoms with Crippen molar-refractivity contribution in [3.05, 3.63) is 34.0 Å². The van der Waals surface area contributed by atoms with Crippen LogP contribution in [0.5, 0.6) is 0 Å². The zero-order chi connectivity index (χ0) is 15.4. The number of hydrogen-bond donors (Lipinski definition) is 1. The first-order chi connectivity index (χ1) is 9.79. The third-order valence-electron chi connectivity index (χ3n) is 4.30. The molecule has 2 aromatic rings. The lowest BCUT2D eigenvalue weighted by Crippen LogP contribution is -2.33. The molecule has 1 aliphatic rings. The van der Waals surface area contributed by atoms with Crippen molar-refractivity contribution >= 4 is 22.5 Å². The monoisotopic (exact) mass is 316 g/mol. The summed E-state index contributed by atoms with van der Waals surface area (Å²) in [5, 5.41) is 0.588. The minimum Gasteiger partial charge on any atom is -0.357 e. The SMILES string of the molecule is CN(C)C1CCc2[nH]c3c(Cl)ccc(C(F)(F)F)c3c2C1. The average Bonchev–Trinajstić information content (AvgIpc) is 2.77. The van der Waals surface area contributed by atoms with E-state index in [1.54, 1.807) is 0 Å². The van der Waals surface area contributed by atoms with Crippen LogP contribution in [0.1, 0.15) is 23.2 Å². The molecule has 1 aliphatic carbocycles. The number of halogens is 4. The van der Waals surface area contributed by atoms with Gasteiger partial charge in [-0.3, -0.25) is 0 Å². The van der Waals surface area contributed by atoms with E-state index >= 15 is 0 Å². The van der Waals surface area contributed by atoms with E-state index in [0.717, 1.165) is 30.2 Å². The molecule has 1 atom stereocenters. The molecule has 0 spiro atoms. The number of aromatic amines is 1. The van der Waals surface area contributed by atoms with Crippen LogP contribution in [-0.4, -0.2) is 30.0 Å². The summed E-state index contributed by atoms with van der Waals surface area (Å²) in [5.74, 6) is 0. The van der Waals surface area contributed by atoms with Gasteiger partial charge in [-0.2, -0.15) is 13.2 Å². The van der Waals surface area contributed by atoms with Gasteiger partial charge < -0.3 is 9.88 Å². The van der Waals surface area contributed by atoms with Crippen LogP contribution in [0.25, 0.3) is 10.9 Å². The Hall–Kier alpha value is -1.20. The van der Waals surface area contributed by atoms with E-state index < -0.39 is 11.7 Å². The van der Waals surface area contributed by atoms with E-state index in [1.165, 1.54) is 6.07 Å². The summed E-state index contributed by atoms with van der Waals surface area (Å²) in [6.45, 7) is 0. The molecular formula is C15H16ClF3N2. The number of likely N-dealkylation sites (N-methyl/N-ethyl adjacent to an activating group) is 1. The van der Waals surface area contributed by atoms with Crippen molar-refractivity contribution in [3.63, 3.8) is 0 Å². The molecule has 0 radical (unpaired) electrons. The van der Waals surface area contributed by atoms with E-state index in [9.17, 15) is 13.2 Å². The predicted molar refractivity (Wildman–Crippen MR) is 77.8 cm³/mol. The first-order valence-electron chi connectivity index (χ1n) is 6.84. The predicted octanol–water partition coefficient (Wildman–Crippen LogP) is 4.26. The van der Waals surface area contributed by atoms with Gasteiger partial charge in [0.05, 0.1) is 16.1 Å². The molecule has 1 N–H and O–H groups in total. The van der Waals surface area contributed by atoms with Crippen molar-refractivity contribution in [1.82, 2.24) is 9.88 Å². The fraction of sp³-hybridized carbons (Fsp3) is 0.467. The maximum atomic E-state index is 13.3. The van der Waals surface area contributed by atoms with Gasteiger partial charge >= 0.3 is 6.18 Å². The van der Waals surface area contributed by atoms with Gasteiger partial charge in [0.1, 0.15) is 0 Å². The van der Waals surface area contributed by atoms with Gasteiger partial charge in [-0.1, -0.05) is 11.6 Å². The molecule has 0 bridgehead atoms. The van der Waals surface area contributed by atoms with Crippen LogP contribution in [-0.2, 0) is 19.0 Å². The van der Waals surface area contributed by atoms with E-state index in [0.29, 0.717) is 17.0 Å². The normalized spacial score (nSPS) is 19.3. The Morgan fingerprint density at radius 1 is 1.29 bits per heavy atom. The molecule has 0 saturated heterocycles. The smallest absolute Gasteiger partial charge is 0.357 e. The summed E-state index contributed by atoms with van der Waals surface area (Å²) in [6, 6.07) is 2.66. The summed E-state index contributed by atoms with van der Waals surface area (Å²) < 4.78 is 39.9. The molecule has 1 aromatic carbocycles. The lowest BCUT2D eigenvalue weighted by molar-refractivity contribution is -0.136. The van der Waals surface area contributed by atoms with Crippen molar-refractivity contribution < 1.29 is 13.2 Å². The molecular weight excluding hydrogens is 301 g/mol. The van der Waals surface area contributed by atoms with Crippen LogP contribution in [0, 0.1) is 0 Å². The number of rotatable bonds is 1. The van der Waals surface area contributed by atoms with E-state index in [2.05, 4.69) is 9.88 Å². The molecule has 0 aliphatic heterocycles. The highest BCUT2D eigenvalue weighted by molar-refractivity contribution is 6.35. The third-order valence-corrected chi connectivity index (χ3v) is 4.61. The quantitative estimate of drug-likeness (QED) is 0.833. The number of fused-ring (bicyclic) bond motifs is 3. The second-order valence-corrected chi connectivity index (χ2v) is 6.19. The zero-order valence-corrected chi connectivity index (χ0v) is 12.6. The minimum atomic E-state index is -4.37. The summed E-state index contributed by atoms with van der Waals surface area (Å²) in [5.41, 5.74) is 1.47. The molecule has 3 rings (SSSR count). The first kappa shape index (κ1) is 14.7. The molecule has 0 saturated carbocycles. The zero-order valence-electron chi connectivity index (χ0n) is 11.8. The van der Waals surface area contributed by atoms with Gasteiger partial charge in [0, 0.05) is 17.1 Å². The number of benzene rings is 1. The van der Waals surface area contributed by atoms with Crippen LogP contribution in [0.4, 0.5) is 13.2 Å². The number of alkyl halides is 3. The van der Waals surface area contributed by atoms with Crippen molar-refractivity contribution in [1.29, 1.82) is 0 Å². The number of nitrogens with one attached hydrogen (secondary N) is 1. The van der Waals surface area contributed by atoms with Crippen molar-refractivity contribution in [2.24, 2.45) is 0 Å². The van der Waals surface area contributed by atoms with Crippen LogP contribution in [0.15, 0.2) is 12.1 Å². The Balaban J connectivity index is 2.24. The highest BCUT2D eigenvalue weighted by atomic mass is 35.5. The minimum absolute atomic E-state index is 0.247. The van der Waals surface area contributed by atoms with Crippen molar-refractivity contribution in [2.45, 2.75) is 31.5 Å². The molecule has 6 heteroatoms. The fourth-order valence-electron chi connectivity index (χ4n) is 3.15. The Morgan fingerprint density at radius 2 is 2.00 bits per heavy atom. The first-order valence-corrected chi connectivity index (χ1v) is 7.22. The standard InChI is InChI=1S/C15H16ClF3N2/c1-21(2)8-3-6-12-9(7-8)13-10(15(17,18)19)4-5-11(16)14(13)20-12/h4-5,8,20H,3,6-7H2,1-2H3. The number of aromatic nitrogens is 1. The summed E-state index contributed by atoms with van der Waals surface area (Å²) >= 11 is 6.09. The van der Waals surface area contributed by atoms with Gasteiger partial charge in [-0.25, -0.2) is 0 Å². The number of hydrogen-bond acceptors (Lipinski definition) is 1. The van der Waals surface area contributed by atoms with E-state index in [1.807, 2.05) is 14.1 Å². The van der Waals surface area contributed by atoms with Gasteiger partial charge in [0.2, 0.25) is 0 Å². The maximum Gasteiger partial charge on any atom is 0.417 e. The Morgan fingerprint density at radius 3 is 2.62 bits per heavy atom. The van der Waals surface area contributed by atoms with Gasteiger partial charge in [-0.05, 0) is 51.1 Å². The molecule has 21 heavy (non-hydrogen) atoms. The molecule has 1 heterocycles. The summed E-state index contributed by atoms with van der Waals surface area (Å²) in [6.07, 6.45) is -2.07. The largest absolute Gasteiger partial charge is 0.417 e. The van der Waals surface area contributed by atoms with Gasteiger partial charge in [0.15, 0.2) is 0 Å². The highest BCUT2D eigenvalue weighted by Gasteiger charge is 2.36. The third kappa shape index (κ3) is 2.42. The lowest BCUT2D eigenvalue weighted by atomic mass is 9.89. The van der Waals surface area contributed by atoms with E-state index in [-0.39, 0.29) is 11.4 Å². The molecule has 0 amide bonds. The molecule has 1 aromatic heterocycles. The average molecular weight is 317 g/mol. The second-order valence-electron chi connectivity index (χ2n) is 5.79. The Labute approximate surface area is 125 Å². The molecule has 0 fully saturated rings. The maximum absolute atomic E-state index is 13.3. The Bertz CT molecular complexity index is 688. The summed E-state index contributed by atoms with van der Waals surface area (Å²) in [7, 11) is 3.92. The van der Waals surface area contributed by atoms with Crippen molar-refractivity contribution in [2.75, 3.05) is 14.1 Å². The van der Waals surface area contributed by atoms with Crippen LogP contribution in [0.3, 0.4) is 0 Å². The fourth-order valence-corrected chi connectivity index (χ4v) is 3.36. The molecule has 2 nitrogen and oxygen atoms in total. The van der Waals surface area contributed by atoms with Gasteiger partial charge in [0.25, 0.3) is 0 Å². The highest BCUT2D eigenvalue weighted by Crippen LogP contribution is 2.41. The van der Waals surface area contributed by atoms with Crippen molar-refractivity contribution in [3.8, 4) is 0 Å². The Kier molecular flexibility index (Phi) is 3.45. The van der Waals surface area contributed by atoms with Crippen LogP contribution in [0.2, 0.25) is 5.02 Å². The molecule has 1 unspecified atom stereocenters. The summed E-state index contributed by atoms with van der Waals surface area (Å²) in [4.78, 5) is 5.17. The number of H-pyrrole nitrogens is 1. The second kappa shape index (κ2) is 4.92. The lowest BCUT2D eigenvalue weighted by Gasteiger charge is -2.28. The topological polar surface area (TPSA) is 19.0 Å².